The number of carbonyl (C=O) groups excluding carboxylic acids is 1. The second-order valence-corrected chi connectivity index (χ2v) is 16.9. The molecule has 9 heteroatoms. The summed E-state index contributed by atoms with van der Waals surface area (Å²) in [5.41, 5.74) is 0. The summed E-state index contributed by atoms with van der Waals surface area (Å²) >= 11 is 0. The third-order valence-electron chi connectivity index (χ3n) is 11.7. The monoisotopic (exact) mass is 786 g/mol. The molecule has 9 nitrogen and oxygen atoms in total. The summed E-state index contributed by atoms with van der Waals surface area (Å²) in [6.45, 7) is 3.76. The summed E-state index contributed by atoms with van der Waals surface area (Å²) in [6, 6.07) is -0.709. The summed E-state index contributed by atoms with van der Waals surface area (Å²) < 4.78 is 11.2. The third kappa shape index (κ3) is 28.3. The van der Waals surface area contributed by atoms with E-state index in [0.717, 1.165) is 51.4 Å². The van der Waals surface area contributed by atoms with Crippen molar-refractivity contribution in [2.75, 3.05) is 13.2 Å². The molecular formula is C46H91NO8. The van der Waals surface area contributed by atoms with Crippen LogP contribution in [0.4, 0.5) is 0 Å². The average molecular weight is 786 g/mol. The van der Waals surface area contributed by atoms with Crippen molar-refractivity contribution in [3.8, 4) is 0 Å². The number of hydrogen-bond donors (Lipinski definition) is 6. The molecule has 6 N–H and O–H groups in total. The zero-order valence-electron chi connectivity index (χ0n) is 36.0. The van der Waals surface area contributed by atoms with Crippen molar-refractivity contribution in [1.82, 2.24) is 5.32 Å². The standard InChI is InChI=1S/C46H91NO8/c1-3-5-7-9-10-11-12-13-14-15-16-17-18-19-20-21-22-23-24-25-26-27-28-29-30-32-33-35-40(49)39(47-42(50)36-34-31-8-6-4-2)38-54-46-45(53)44(52)43(51)41(37-48)55-46/h39-41,43-46,48-49,51-53H,3-38H2,1-2H3,(H,47,50). The van der Waals surface area contributed by atoms with Crippen LogP contribution in [0.3, 0.4) is 0 Å². The van der Waals surface area contributed by atoms with Crippen molar-refractivity contribution in [1.29, 1.82) is 0 Å². The Morgan fingerprint density at radius 1 is 0.545 bits per heavy atom. The minimum atomic E-state index is -1.55. The van der Waals surface area contributed by atoms with Crippen LogP contribution in [0.15, 0.2) is 0 Å². The SMILES string of the molecule is CCCCCCCCCCCCCCCCCCCCCCCCCCCCCC(O)C(COC1OC(CO)C(O)C(O)C1O)NC(=O)CCCCCCC. The molecule has 0 bridgehead atoms. The van der Waals surface area contributed by atoms with Crippen LogP contribution in [-0.2, 0) is 14.3 Å². The number of ether oxygens (including phenoxy) is 2. The van der Waals surface area contributed by atoms with Gasteiger partial charge in [0, 0.05) is 6.42 Å². The van der Waals surface area contributed by atoms with Crippen molar-refractivity contribution in [2.24, 2.45) is 0 Å². The van der Waals surface area contributed by atoms with E-state index in [1.54, 1.807) is 0 Å². The van der Waals surface area contributed by atoms with Gasteiger partial charge in [-0.3, -0.25) is 4.79 Å². The Morgan fingerprint density at radius 2 is 0.909 bits per heavy atom. The Balaban J connectivity index is 2.08. The molecule has 1 heterocycles. The average Bonchev–Trinajstić information content (AvgIpc) is 3.18. The maximum Gasteiger partial charge on any atom is 0.220 e. The lowest BCUT2D eigenvalue weighted by Crippen LogP contribution is -2.60. The summed E-state index contributed by atoms with van der Waals surface area (Å²) in [5, 5.41) is 54.0. The molecule has 0 aliphatic carbocycles. The van der Waals surface area contributed by atoms with E-state index in [4.69, 9.17) is 9.47 Å². The highest BCUT2D eigenvalue weighted by atomic mass is 16.7. The summed E-state index contributed by atoms with van der Waals surface area (Å²) in [5.74, 6) is -0.154. The van der Waals surface area contributed by atoms with Crippen LogP contribution in [0.5, 0.6) is 0 Å². The van der Waals surface area contributed by atoms with E-state index in [1.807, 2.05) is 0 Å². The molecule has 1 aliphatic rings. The molecule has 1 rings (SSSR count). The van der Waals surface area contributed by atoms with E-state index in [1.165, 1.54) is 154 Å². The zero-order valence-corrected chi connectivity index (χ0v) is 36.0. The van der Waals surface area contributed by atoms with Crippen LogP contribution in [0.2, 0.25) is 0 Å². The highest BCUT2D eigenvalue weighted by molar-refractivity contribution is 5.76. The van der Waals surface area contributed by atoms with Gasteiger partial charge in [0.05, 0.1) is 25.4 Å². The Bertz CT molecular complexity index is 832. The fourth-order valence-electron chi connectivity index (χ4n) is 7.87. The fourth-order valence-corrected chi connectivity index (χ4v) is 7.87. The first-order valence-electron chi connectivity index (χ1n) is 23.7. The molecule has 55 heavy (non-hydrogen) atoms. The normalized spacial score (nSPS) is 21.2. The van der Waals surface area contributed by atoms with Gasteiger partial charge in [-0.15, -0.1) is 0 Å². The summed E-state index contributed by atoms with van der Waals surface area (Å²) in [6.07, 6.45) is 34.7. The van der Waals surface area contributed by atoms with E-state index in [9.17, 15) is 30.3 Å². The number of unbranched alkanes of at least 4 members (excludes halogenated alkanes) is 30. The molecule has 0 aromatic heterocycles. The molecule has 1 aliphatic heterocycles. The second kappa shape index (κ2) is 37.5. The van der Waals surface area contributed by atoms with Gasteiger partial charge in [0.15, 0.2) is 6.29 Å². The minimum absolute atomic E-state index is 0.134. The van der Waals surface area contributed by atoms with Crippen LogP contribution in [0, 0.1) is 0 Å². The van der Waals surface area contributed by atoms with E-state index in [2.05, 4.69) is 19.2 Å². The van der Waals surface area contributed by atoms with Crippen molar-refractivity contribution >= 4 is 5.91 Å². The number of amides is 1. The van der Waals surface area contributed by atoms with E-state index in [-0.39, 0.29) is 12.5 Å². The van der Waals surface area contributed by atoms with Crippen LogP contribution in [0.25, 0.3) is 0 Å². The fraction of sp³-hybridized carbons (Fsp3) is 0.978. The molecule has 0 aromatic rings. The number of aliphatic hydroxyl groups excluding tert-OH is 5. The maximum atomic E-state index is 12.7. The van der Waals surface area contributed by atoms with Crippen LogP contribution >= 0.6 is 0 Å². The van der Waals surface area contributed by atoms with Crippen LogP contribution in [0.1, 0.15) is 232 Å². The highest BCUT2D eigenvalue weighted by Crippen LogP contribution is 2.23. The number of carbonyl (C=O) groups is 1. The quantitative estimate of drug-likeness (QED) is 0.0337. The van der Waals surface area contributed by atoms with Gasteiger partial charge in [0.1, 0.15) is 24.4 Å². The molecule has 0 saturated carbocycles. The molecule has 328 valence electrons. The molecule has 1 amide bonds. The van der Waals surface area contributed by atoms with Crippen LogP contribution in [-0.4, -0.2) is 87.5 Å². The number of nitrogens with one attached hydrogen (secondary N) is 1. The third-order valence-corrected chi connectivity index (χ3v) is 11.7. The minimum Gasteiger partial charge on any atom is -0.394 e. The summed E-state index contributed by atoms with van der Waals surface area (Å²) in [7, 11) is 0. The van der Waals surface area contributed by atoms with Crippen molar-refractivity contribution in [3.05, 3.63) is 0 Å². The first-order valence-corrected chi connectivity index (χ1v) is 23.7. The van der Waals surface area contributed by atoms with Crippen molar-refractivity contribution in [3.63, 3.8) is 0 Å². The largest absolute Gasteiger partial charge is 0.394 e. The van der Waals surface area contributed by atoms with E-state index < -0.39 is 49.5 Å². The first kappa shape index (κ1) is 52.2. The predicted octanol–water partition coefficient (Wildman–Crippen LogP) is 9.95. The number of rotatable bonds is 40. The maximum absolute atomic E-state index is 12.7. The van der Waals surface area contributed by atoms with Gasteiger partial charge >= 0.3 is 0 Å². The molecular weight excluding hydrogens is 695 g/mol. The first-order chi connectivity index (χ1) is 26.8. The lowest BCUT2D eigenvalue weighted by atomic mass is 9.99. The molecule has 0 spiro atoms. The molecule has 7 atom stereocenters. The number of hydrogen-bond acceptors (Lipinski definition) is 8. The topological polar surface area (TPSA) is 149 Å². The predicted molar refractivity (Wildman–Crippen MR) is 226 cm³/mol. The molecule has 1 fully saturated rings. The van der Waals surface area contributed by atoms with Crippen molar-refractivity contribution in [2.45, 2.75) is 275 Å². The van der Waals surface area contributed by atoms with Crippen molar-refractivity contribution < 1.29 is 39.8 Å². The Morgan fingerprint density at radius 3 is 1.29 bits per heavy atom. The Labute approximate surface area is 338 Å². The number of aliphatic hydroxyl groups is 5. The summed E-state index contributed by atoms with van der Waals surface area (Å²) in [4.78, 5) is 12.7. The zero-order chi connectivity index (χ0) is 40.2. The molecule has 0 aromatic carbocycles. The molecule has 1 saturated heterocycles. The van der Waals surface area contributed by atoms with Gasteiger partial charge in [-0.05, 0) is 12.8 Å². The van der Waals surface area contributed by atoms with Gasteiger partial charge in [-0.1, -0.05) is 213 Å². The van der Waals surface area contributed by atoms with Gasteiger partial charge < -0.3 is 40.3 Å². The van der Waals surface area contributed by atoms with E-state index in [0.29, 0.717) is 12.8 Å². The van der Waals surface area contributed by atoms with E-state index >= 15 is 0 Å². The Hall–Kier alpha value is -0.810. The van der Waals surface area contributed by atoms with Gasteiger partial charge in [0.25, 0.3) is 0 Å². The Kier molecular flexibility index (Phi) is 35.6. The highest BCUT2D eigenvalue weighted by Gasteiger charge is 2.44. The van der Waals surface area contributed by atoms with Gasteiger partial charge in [-0.25, -0.2) is 0 Å². The molecule has 0 radical (unpaired) electrons. The smallest absolute Gasteiger partial charge is 0.220 e. The lowest BCUT2D eigenvalue weighted by Gasteiger charge is -2.40. The molecule has 7 unspecified atom stereocenters. The van der Waals surface area contributed by atoms with Gasteiger partial charge in [-0.2, -0.15) is 0 Å². The lowest BCUT2D eigenvalue weighted by molar-refractivity contribution is -0.302. The van der Waals surface area contributed by atoms with Gasteiger partial charge in [0.2, 0.25) is 5.91 Å². The van der Waals surface area contributed by atoms with Crippen LogP contribution < -0.4 is 5.32 Å². The second-order valence-electron chi connectivity index (χ2n) is 16.9.